The normalized spacial score (nSPS) is 17.2. The number of anilines is 2. The van der Waals surface area contributed by atoms with Crippen LogP contribution in [0, 0.1) is 5.92 Å². The second-order valence-corrected chi connectivity index (χ2v) is 5.19. The number of nitrogens with one attached hydrogen (secondary N) is 1. The largest absolute Gasteiger partial charge is 0.467 e. The quantitative estimate of drug-likeness (QED) is 0.924. The highest BCUT2D eigenvalue weighted by Crippen LogP contribution is 2.25. The van der Waals surface area contributed by atoms with Crippen LogP contribution in [-0.2, 0) is 9.59 Å². The van der Waals surface area contributed by atoms with Gasteiger partial charge < -0.3 is 15.0 Å². The number of ether oxygens (including phenoxy) is 1. The van der Waals surface area contributed by atoms with Crippen molar-refractivity contribution in [3.63, 3.8) is 0 Å². The third-order valence-electron chi connectivity index (χ3n) is 3.64. The molecule has 7 heteroatoms. The van der Waals surface area contributed by atoms with Crippen molar-refractivity contribution in [3.05, 3.63) is 42.7 Å². The fraction of sp³-hybridized carbons (Fsp3) is 0.250. The van der Waals surface area contributed by atoms with Crippen LogP contribution in [0.5, 0.6) is 6.01 Å². The highest BCUT2D eigenvalue weighted by atomic mass is 16.5. The van der Waals surface area contributed by atoms with Gasteiger partial charge in [0.2, 0.25) is 11.8 Å². The molecule has 2 aromatic rings. The summed E-state index contributed by atoms with van der Waals surface area (Å²) in [5.74, 6) is -0.669. The van der Waals surface area contributed by atoms with Gasteiger partial charge in [0.25, 0.3) is 0 Å². The van der Waals surface area contributed by atoms with Crippen LogP contribution in [0.2, 0.25) is 0 Å². The average Bonchev–Trinajstić information content (AvgIpc) is 2.98. The fourth-order valence-electron chi connectivity index (χ4n) is 2.47. The van der Waals surface area contributed by atoms with Gasteiger partial charge in [-0.1, -0.05) is 18.2 Å². The number of methoxy groups -OCH3 is 1. The summed E-state index contributed by atoms with van der Waals surface area (Å²) in [6.07, 6.45) is 3.13. The highest BCUT2D eigenvalue weighted by molar-refractivity contribution is 6.03. The van der Waals surface area contributed by atoms with E-state index in [0.29, 0.717) is 12.2 Å². The number of hydrogen-bond acceptors (Lipinski definition) is 5. The molecule has 1 aliphatic heterocycles. The topological polar surface area (TPSA) is 84.4 Å². The summed E-state index contributed by atoms with van der Waals surface area (Å²) in [5, 5.41) is 2.73. The molecule has 1 fully saturated rings. The van der Waals surface area contributed by atoms with Gasteiger partial charge in [-0.15, -0.1) is 0 Å². The molecule has 1 atom stereocenters. The summed E-state index contributed by atoms with van der Waals surface area (Å²) in [5.41, 5.74) is 1.28. The smallest absolute Gasteiger partial charge is 0.316 e. The molecular formula is C16H16N4O3. The Morgan fingerprint density at radius 1 is 1.26 bits per heavy atom. The first-order chi connectivity index (χ1) is 11.2. The maximum atomic E-state index is 12.3. The minimum atomic E-state index is -0.398. The first kappa shape index (κ1) is 15.0. The first-order valence-electron chi connectivity index (χ1n) is 7.19. The Morgan fingerprint density at radius 3 is 2.61 bits per heavy atom. The van der Waals surface area contributed by atoms with Gasteiger partial charge in [0, 0.05) is 18.7 Å². The van der Waals surface area contributed by atoms with E-state index in [-0.39, 0.29) is 24.2 Å². The van der Waals surface area contributed by atoms with E-state index in [4.69, 9.17) is 4.74 Å². The fourth-order valence-corrected chi connectivity index (χ4v) is 2.47. The molecule has 23 heavy (non-hydrogen) atoms. The molecule has 0 saturated carbocycles. The third-order valence-corrected chi connectivity index (χ3v) is 3.64. The molecule has 2 amide bonds. The van der Waals surface area contributed by atoms with Crippen LogP contribution in [0.25, 0.3) is 0 Å². The van der Waals surface area contributed by atoms with Crippen molar-refractivity contribution in [1.82, 2.24) is 9.97 Å². The lowest BCUT2D eigenvalue weighted by Gasteiger charge is -2.16. The number of rotatable bonds is 4. The van der Waals surface area contributed by atoms with E-state index in [1.807, 2.05) is 30.3 Å². The van der Waals surface area contributed by atoms with Crippen LogP contribution in [0.4, 0.5) is 11.4 Å². The summed E-state index contributed by atoms with van der Waals surface area (Å²) in [4.78, 5) is 33.9. The Hall–Kier alpha value is -2.96. The van der Waals surface area contributed by atoms with Crippen molar-refractivity contribution in [2.45, 2.75) is 6.42 Å². The molecule has 1 aromatic heterocycles. The SMILES string of the molecule is COc1ncc(NC(=O)C2CC(=O)N(c3ccccc3)C2)cn1. The third kappa shape index (κ3) is 3.28. The monoisotopic (exact) mass is 312 g/mol. The van der Waals surface area contributed by atoms with Crippen LogP contribution in [-0.4, -0.2) is 35.4 Å². The van der Waals surface area contributed by atoms with Crippen LogP contribution in [0.15, 0.2) is 42.7 Å². The number of hydrogen-bond donors (Lipinski definition) is 1. The van der Waals surface area contributed by atoms with Crippen molar-refractivity contribution in [2.75, 3.05) is 23.9 Å². The molecule has 0 bridgehead atoms. The first-order valence-corrected chi connectivity index (χ1v) is 7.19. The number of carbonyl (C=O) groups is 2. The van der Waals surface area contributed by atoms with E-state index in [2.05, 4.69) is 15.3 Å². The van der Waals surface area contributed by atoms with Gasteiger partial charge in [0.05, 0.1) is 31.1 Å². The van der Waals surface area contributed by atoms with Gasteiger partial charge in [0.15, 0.2) is 0 Å². The molecule has 1 unspecified atom stereocenters. The van der Waals surface area contributed by atoms with Gasteiger partial charge in [-0.3, -0.25) is 9.59 Å². The van der Waals surface area contributed by atoms with E-state index in [1.54, 1.807) is 4.90 Å². The van der Waals surface area contributed by atoms with Gasteiger partial charge >= 0.3 is 6.01 Å². The van der Waals surface area contributed by atoms with Crippen LogP contribution >= 0.6 is 0 Å². The molecule has 3 rings (SSSR count). The molecule has 118 valence electrons. The molecule has 0 aliphatic carbocycles. The Labute approximate surface area is 133 Å². The maximum Gasteiger partial charge on any atom is 0.316 e. The molecule has 1 N–H and O–H groups in total. The molecule has 0 radical (unpaired) electrons. The molecule has 1 aromatic carbocycles. The predicted molar refractivity (Wildman–Crippen MR) is 84.1 cm³/mol. The molecule has 2 heterocycles. The zero-order valence-corrected chi connectivity index (χ0v) is 12.6. The highest BCUT2D eigenvalue weighted by Gasteiger charge is 2.35. The summed E-state index contributed by atoms with van der Waals surface area (Å²) in [6, 6.07) is 9.56. The zero-order chi connectivity index (χ0) is 16.2. The second kappa shape index (κ2) is 6.43. The van der Waals surface area contributed by atoms with Crippen molar-refractivity contribution < 1.29 is 14.3 Å². The number of para-hydroxylation sites is 1. The summed E-state index contributed by atoms with van der Waals surface area (Å²) >= 11 is 0. The van der Waals surface area contributed by atoms with Crippen molar-refractivity contribution in [2.24, 2.45) is 5.92 Å². The van der Waals surface area contributed by atoms with E-state index in [0.717, 1.165) is 5.69 Å². The van der Waals surface area contributed by atoms with Crippen molar-refractivity contribution >= 4 is 23.2 Å². The minimum absolute atomic E-state index is 0.0534. The van der Waals surface area contributed by atoms with Gasteiger partial charge in [-0.2, -0.15) is 0 Å². The van der Waals surface area contributed by atoms with Gasteiger partial charge in [0.1, 0.15) is 0 Å². The lowest BCUT2D eigenvalue weighted by Crippen LogP contribution is -2.28. The van der Waals surface area contributed by atoms with E-state index in [1.165, 1.54) is 19.5 Å². The lowest BCUT2D eigenvalue weighted by atomic mass is 10.1. The summed E-state index contributed by atoms with van der Waals surface area (Å²) < 4.78 is 4.86. The van der Waals surface area contributed by atoms with E-state index < -0.39 is 5.92 Å². The summed E-state index contributed by atoms with van der Waals surface area (Å²) in [6.45, 7) is 0.367. The Morgan fingerprint density at radius 2 is 1.96 bits per heavy atom. The summed E-state index contributed by atoms with van der Waals surface area (Å²) in [7, 11) is 1.47. The second-order valence-electron chi connectivity index (χ2n) is 5.19. The number of nitrogens with zero attached hydrogens (tertiary/aromatic N) is 3. The van der Waals surface area contributed by atoms with E-state index in [9.17, 15) is 9.59 Å². The van der Waals surface area contributed by atoms with Crippen molar-refractivity contribution in [3.8, 4) is 6.01 Å². The van der Waals surface area contributed by atoms with Crippen LogP contribution in [0.3, 0.4) is 0 Å². The number of aromatic nitrogens is 2. The number of carbonyl (C=O) groups excluding carboxylic acids is 2. The predicted octanol–water partition coefficient (Wildman–Crippen LogP) is 1.48. The number of amides is 2. The average molecular weight is 312 g/mol. The van der Waals surface area contributed by atoms with Gasteiger partial charge in [-0.05, 0) is 12.1 Å². The van der Waals surface area contributed by atoms with Gasteiger partial charge in [-0.25, -0.2) is 9.97 Å². The Bertz CT molecular complexity index is 703. The van der Waals surface area contributed by atoms with Crippen molar-refractivity contribution in [1.29, 1.82) is 0 Å². The van der Waals surface area contributed by atoms with Crippen LogP contribution < -0.4 is 15.0 Å². The minimum Gasteiger partial charge on any atom is -0.467 e. The lowest BCUT2D eigenvalue weighted by molar-refractivity contribution is -0.122. The number of benzene rings is 1. The molecule has 0 spiro atoms. The van der Waals surface area contributed by atoms with E-state index >= 15 is 0 Å². The maximum absolute atomic E-state index is 12.3. The molecule has 1 aliphatic rings. The molecule has 7 nitrogen and oxygen atoms in total. The zero-order valence-electron chi connectivity index (χ0n) is 12.6. The standard InChI is InChI=1S/C16H16N4O3/c1-23-16-17-8-12(9-18-16)19-15(22)11-7-14(21)20(10-11)13-5-3-2-4-6-13/h2-6,8-9,11H,7,10H2,1H3,(H,19,22). The Kier molecular flexibility index (Phi) is 4.18. The molecular weight excluding hydrogens is 296 g/mol. The molecule has 1 saturated heterocycles. The Balaban J connectivity index is 1.65. The van der Waals surface area contributed by atoms with Crippen LogP contribution in [0.1, 0.15) is 6.42 Å².